The van der Waals surface area contributed by atoms with E-state index in [4.69, 9.17) is 5.73 Å². The Hall–Kier alpha value is -2.01. The highest BCUT2D eigenvalue weighted by atomic mass is 79.9. The molecular weight excluding hydrogens is 320 g/mol. The molecule has 1 atom stereocenters. The summed E-state index contributed by atoms with van der Waals surface area (Å²) in [5.74, 6) is -0.387. The second-order valence-corrected chi connectivity index (χ2v) is 5.44. The SMILES string of the molecule is CC(NC(=O)c1ccc(Br)cc1O)c1cccc(N)c1. The van der Waals surface area contributed by atoms with E-state index in [1.165, 1.54) is 6.07 Å². The van der Waals surface area contributed by atoms with E-state index in [-0.39, 0.29) is 23.3 Å². The number of halogens is 1. The lowest BCUT2D eigenvalue weighted by molar-refractivity contribution is 0.0937. The van der Waals surface area contributed by atoms with Crippen molar-refractivity contribution in [2.45, 2.75) is 13.0 Å². The second kappa shape index (κ2) is 5.96. The van der Waals surface area contributed by atoms with Crippen LogP contribution in [-0.4, -0.2) is 11.0 Å². The summed E-state index contributed by atoms with van der Waals surface area (Å²) in [6.45, 7) is 1.86. The Bertz CT molecular complexity index is 644. The van der Waals surface area contributed by atoms with Gasteiger partial charge in [-0.3, -0.25) is 4.79 Å². The molecular formula is C15H15BrN2O2. The Morgan fingerprint density at radius 1 is 1.30 bits per heavy atom. The van der Waals surface area contributed by atoms with E-state index in [9.17, 15) is 9.90 Å². The second-order valence-electron chi connectivity index (χ2n) is 4.53. The average molecular weight is 335 g/mol. The van der Waals surface area contributed by atoms with E-state index in [2.05, 4.69) is 21.2 Å². The molecule has 2 aromatic rings. The van der Waals surface area contributed by atoms with Crippen LogP contribution in [-0.2, 0) is 0 Å². The van der Waals surface area contributed by atoms with Crippen molar-refractivity contribution in [1.29, 1.82) is 0 Å². The number of carbonyl (C=O) groups excluding carboxylic acids is 1. The maximum atomic E-state index is 12.1. The number of nitrogens with one attached hydrogen (secondary N) is 1. The first-order valence-electron chi connectivity index (χ1n) is 6.12. The molecule has 5 heteroatoms. The van der Waals surface area contributed by atoms with E-state index in [0.29, 0.717) is 5.69 Å². The lowest BCUT2D eigenvalue weighted by atomic mass is 10.1. The number of phenols is 1. The molecule has 0 aliphatic carbocycles. The van der Waals surface area contributed by atoms with Gasteiger partial charge in [0.2, 0.25) is 0 Å². The summed E-state index contributed by atoms with van der Waals surface area (Å²) in [7, 11) is 0. The fourth-order valence-electron chi connectivity index (χ4n) is 1.88. The zero-order valence-corrected chi connectivity index (χ0v) is 12.5. The summed E-state index contributed by atoms with van der Waals surface area (Å²) >= 11 is 3.24. The number of carbonyl (C=O) groups is 1. The summed E-state index contributed by atoms with van der Waals surface area (Å²) in [5, 5.41) is 12.6. The molecule has 0 saturated heterocycles. The predicted octanol–water partition coefficient (Wildman–Crippen LogP) is 3.23. The van der Waals surface area contributed by atoms with Gasteiger partial charge in [0.05, 0.1) is 11.6 Å². The van der Waals surface area contributed by atoms with E-state index in [1.54, 1.807) is 18.2 Å². The minimum absolute atomic E-state index is 0.0587. The minimum Gasteiger partial charge on any atom is -0.507 e. The average Bonchev–Trinajstić information content (AvgIpc) is 2.38. The van der Waals surface area contributed by atoms with Crippen LogP contribution in [0.3, 0.4) is 0 Å². The molecule has 20 heavy (non-hydrogen) atoms. The smallest absolute Gasteiger partial charge is 0.255 e. The van der Waals surface area contributed by atoms with Crippen molar-refractivity contribution in [3.63, 3.8) is 0 Å². The van der Waals surface area contributed by atoms with Crippen molar-refractivity contribution in [3.05, 3.63) is 58.1 Å². The van der Waals surface area contributed by atoms with Crippen molar-refractivity contribution in [1.82, 2.24) is 5.32 Å². The molecule has 0 spiro atoms. The van der Waals surface area contributed by atoms with Gasteiger partial charge in [0.25, 0.3) is 5.91 Å². The number of benzene rings is 2. The van der Waals surface area contributed by atoms with Gasteiger partial charge in [0.1, 0.15) is 5.75 Å². The van der Waals surface area contributed by atoms with Gasteiger partial charge >= 0.3 is 0 Å². The summed E-state index contributed by atoms with van der Waals surface area (Å²) < 4.78 is 0.718. The summed E-state index contributed by atoms with van der Waals surface area (Å²) in [6.07, 6.45) is 0. The predicted molar refractivity (Wildman–Crippen MR) is 82.5 cm³/mol. The molecule has 0 aliphatic rings. The van der Waals surface area contributed by atoms with Crippen molar-refractivity contribution >= 4 is 27.5 Å². The first kappa shape index (κ1) is 14.4. The Kier molecular flexibility index (Phi) is 4.29. The highest BCUT2D eigenvalue weighted by Gasteiger charge is 2.15. The maximum Gasteiger partial charge on any atom is 0.255 e. The fourth-order valence-corrected chi connectivity index (χ4v) is 2.23. The molecule has 0 aliphatic heterocycles. The molecule has 2 rings (SSSR count). The van der Waals surface area contributed by atoms with E-state index >= 15 is 0 Å². The van der Waals surface area contributed by atoms with Gasteiger partial charge < -0.3 is 16.2 Å². The maximum absolute atomic E-state index is 12.1. The number of hydrogen-bond donors (Lipinski definition) is 3. The Morgan fingerprint density at radius 2 is 2.05 bits per heavy atom. The van der Waals surface area contributed by atoms with Crippen LogP contribution >= 0.6 is 15.9 Å². The third-order valence-corrected chi connectivity index (χ3v) is 3.46. The zero-order valence-electron chi connectivity index (χ0n) is 10.9. The first-order valence-corrected chi connectivity index (χ1v) is 6.91. The third-order valence-electron chi connectivity index (χ3n) is 2.96. The number of nitrogen functional groups attached to an aromatic ring is 1. The molecule has 2 aromatic carbocycles. The van der Waals surface area contributed by atoms with Crippen molar-refractivity contribution in [2.75, 3.05) is 5.73 Å². The normalized spacial score (nSPS) is 11.9. The summed E-state index contributed by atoms with van der Waals surface area (Å²) in [6, 6.07) is 11.9. The molecule has 1 unspecified atom stereocenters. The number of amides is 1. The Balaban J connectivity index is 2.15. The standard InChI is InChI=1S/C15H15BrN2O2/c1-9(10-3-2-4-12(17)7-10)18-15(20)13-6-5-11(16)8-14(13)19/h2-9,19H,17H2,1H3,(H,18,20). The van der Waals surface area contributed by atoms with Gasteiger partial charge in [-0.05, 0) is 42.8 Å². The number of rotatable bonds is 3. The summed E-state index contributed by atoms with van der Waals surface area (Å²) in [5.41, 5.74) is 7.52. The van der Waals surface area contributed by atoms with Crippen molar-refractivity contribution in [3.8, 4) is 5.75 Å². The van der Waals surface area contributed by atoms with Gasteiger partial charge in [-0.1, -0.05) is 28.1 Å². The lowest BCUT2D eigenvalue weighted by Gasteiger charge is -2.15. The quantitative estimate of drug-likeness (QED) is 0.754. The van der Waals surface area contributed by atoms with Gasteiger partial charge in [-0.2, -0.15) is 0 Å². The van der Waals surface area contributed by atoms with Crippen LogP contribution < -0.4 is 11.1 Å². The highest BCUT2D eigenvalue weighted by Crippen LogP contribution is 2.23. The zero-order chi connectivity index (χ0) is 14.7. The van der Waals surface area contributed by atoms with Gasteiger partial charge in [-0.25, -0.2) is 0 Å². The van der Waals surface area contributed by atoms with Gasteiger partial charge in [-0.15, -0.1) is 0 Å². The molecule has 0 fully saturated rings. The molecule has 0 aromatic heterocycles. The molecule has 0 heterocycles. The van der Waals surface area contributed by atoms with E-state index < -0.39 is 0 Å². The number of phenolic OH excluding ortho intramolecular Hbond substituents is 1. The Labute approximate surface area is 125 Å². The number of anilines is 1. The van der Waals surface area contributed by atoms with E-state index in [1.807, 2.05) is 25.1 Å². The van der Waals surface area contributed by atoms with Crippen LogP contribution in [0.1, 0.15) is 28.9 Å². The molecule has 4 nitrogen and oxygen atoms in total. The number of hydrogen-bond acceptors (Lipinski definition) is 3. The molecule has 4 N–H and O–H groups in total. The van der Waals surface area contributed by atoms with Crippen LogP contribution in [0.2, 0.25) is 0 Å². The topological polar surface area (TPSA) is 75.3 Å². The van der Waals surface area contributed by atoms with Crippen LogP contribution in [0, 0.1) is 0 Å². The van der Waals surface area contributed by atoms with Crippen LogP contribution in [0.25, 0.3) is 0 Å². The molecule has 0 radical (unpaired) electrons. The minimum atomic E-state index is -0.329. The van der Waals surface area contributed by atoms with E-state index in [0.717, 1.165) is 10.0 Å². The number of nitrogens with two attached hydrogens (primary N) is 1. The first-order chi connectivity index (χ1) is 9.47. The van der Waals surface area contributed by atoms with Crippen molar-refractivity contribution < 1.29 is 9.90 Å². The van der Waals surface area contributed by atoms with Crippen molar-refractivity contribution in [2.24, 2.45) is 0 Å². The van der Waals surface area contributed by atoms with Gasteiger partial charge in [0.15, 0.2) is 0 Å². The van der Waals surface area contributed by atoms with Gasteiger partial charge in [0, 0.05) is 10.2 Å². The molecule has 104 valence electrons. The summed E-state index contributed by atoms with van der Waals surface area (Å²) in [4.78, 5) is 12.1. The molecule has 0 saturated carbocycles. The lowest BCUT2D eigenvalue weighted by Crippen LogP contribution is -2.26. The fraction of sp³-hybridized carbons (Fsp3) is 0.133. The monoisotopic (exact) mass is 334 g/mol. The van der Waals surface area contributed by atoms with Crippen LogP contribution in [0.15, 0.2) is 46.9 Å². The number of aromatic hydroxyl groups is 1. The van der Waals surface area contributed by atoms with Crippen LogP contribution in [0.5, 0.6) is 5.75 Å². The highest BCUT2D eigenvalue weighted by molar-refractivity contribution is 9.10. The Morgan fingerprint density at radius 3 is 2.70 bits per heavy atom. The third kappa shape index (κ3) is 3.30. The molecule has 0 bridgehead atoms. The largest absolute Gasteiger partial charge is 0.507 e. The van der Waals surface area contributed by atoms with Crippen LogP contribution in [0.4, 0.5) is 5.69 Å². The molecule has 1 amide bonds.